The Bertz CT molecular complexity index is 631. The minimum atomic E-state index is -2.02. The van der Waals surface area contributed by atoms with Crippen molar-refractivity contribution in [3.05, 3.63) is 59.1 Å². The minimum Gasteiger partial charge on any atom is -0.497 e. The molecule has 6 heteroatoms. The van der Waals surface area contributed by atoms with E-state index in [1.807, 2.05) is 0 Å². The Morgan fingerprint density at radius 1 is 1.18 bits per heavy atom. The normalized spacial score (nSPS) is 13.5. The Balaban J connectivity index is 2.02. The molecule has 0 aliphatic heterocycles. The number of rotatable bonds is 5. The van der Waals surface area contributed by atoms with Gasteiger partial charge in [-0.05, 0) is 53.7 Å². The van der Waals surface area contributed by atoms with Gasteiger partial charge in [-0.1, -0.05) is 23.7 Å². The van der Waals surface area contributed by atoms with E-state index in [0.29, 0.717) is 21.2 Å². The third kappa shape index (κ3) is 4.22. The first-order chi connectivity index (χ1) is 10.5. The highest BCUT2D eigenvalue weighted by molar-refractivity contribution is 8.13. The Hall–Kier alpha value is -1.56. The molecule has 2 rings (SSSR count). The van der Waals surface area contributed by atoms with Gasteiger partial charge in [0.1, 0.15) is 11.9 Å². The molecule has 0 radical (unpaired) electrons. The molecule has 0 aliphatic rings. The molecule has 0 aliphatic carbocycles. The molecule has 0 aromatic heterocycles. The van der Waals surface area contributed by atoms with Gasteiger partial charge in [-0.15, -0.1) is 0 Å². The first-order valence-corrected chi connectivity index (χ1v) is 7.64. The summed E-state index contributed by atoms with van der Waals surface area (Å²) in [5.41, 5.74) is 0.306. The summed E-state index contributed by atoms with van der Waals surface area (Å²) in [6, 6.07) is 12.7. The second-order valence-corrected chi connectivity index (χ2v) is 6.01. The molecule has 2 aromatic carbocycles. The van der Waals surface area contributed by atoms with Gasteiger partial charge < -0.3 is 9.84 Å². The maximum absolute atomic E-state index is 14.1. The van der Waals surface area contributed by atoms with Crippen LogP contribution in [-0.2, 0) is 4.79 Å². The fraction of sp³-hybridized carbons (Fsp3) is 0.188. The van der Waals surface area contributed by atoms with Crippen LogP contribution in [-0.4, -0.2) is 23.5 Å². The zero-order valence-electron chi connectivity index (χ0n) is 11.7. The van der Waals surface area contributed by atoms with Gasteiger partial charge in [-0.3, -0.25) is 4.79 Å². The monoisotopic (exact) mass is 340 g/mol. The number of halogens is 2. The number of alkyl halides is 1. The molecule has 116 valence electrons. The van der Waals surface area contributed by atoms with Gasteiger partial charge >= 0.3 is 0 Å². The fourth-order valence-corrected chi connectivity index (χ4v) is 2.65. The summed E-state index contributed by atoms with van der Waals surface area (Å²) in [6.07, 6.45) is -3.54. The average molecular weight is 341 g/mol. The SMILES string of the molecule is COc1ccc(SC(=O)[C@@H](F)[C@@H](O)c2ccc(Cl)cc2)cc1. The van der Waals surface area contributed by atoms with E-state index in [2.05, 4.69) is 0 Å². The van der Waals surface area contributed by atoms with Crippen molar-refractivity contribution < 1.29 is 19.0 Å². The van der Waals surface area contributed by atoms with Crippen LogP contribution >= 0.6 is 23.4 Å². The van der Waals surface area contributed by atoms with Crippen molar-refractivity contribution >= 4 is 28.5 Å². The lowest BCUT2D eigenvalue weighted by atomic mass is 10.1. The van der Waals surface area contributed by atoms with E-state index in [1.165, 1.54) is 31.4 Å². The van der Waals surface area contributed by atoms with Crippen molar-refractivity contribution in [1.82, 2.24) is 0 Å². The number of hydrogen-bond donors (Lipinski definition) is 1. The zero-order chi connectivity index (χ0) is 16.1. The second kappa shape index (κ2) is 7.63. The van der Waals surface area contributed by atoms with E-state index in [-0.39, 0.29) is 0 Å². The third-order valence-corrected chi connectivity index (χ3v) is 4.18. The van der Waals surface area contributed by atoms with Crippen LogP contribution in [0.15, 0.2) is 53.4 Å². The average Bonchev–Trinajstić information content (AvgIpc) is 2.55. The van der Waals surface area contributed by atoms with Gasteiger partial charge in [0.05, 0.1) is 7.11 Å². The summed E-state index contributed by atoms with van der Waals surface area (Å²) in [5.74, 6) is 0.648. The standard InChI is InChI=1S/C16H14ClFO3S/c1-21-12-6-8-13(9-7-12)22-16(20)14(18)15(19)10-2-4-11(17)5-3-10/h2-9,14-15,19H,1H3/t14-,15-/m0/s1. The molecule has 0 bridgehead atoms. The highest BCUT2D eigenvalue weighted by atomic mass is 35.5. The lowest BCUT2D eigenvalue weighted by Gasteiger charge is -2.15. The van der Waals surface area contributed by atoms with Crippen LogP contribution < -0.4 is 4.74 Å². The highest BCUT2D eigenvalue weighted by Crippen LogP contribution is 2.29. The smallest absolute Gasteiger partial charge is 0.230 e. The molecule has 1 N–H and O–H groups in total. The molecule has 2 aromatic rings. The molecular weight excluding hydrogens is 327 g/mol. The quantitative estimate of drug-likeness (QED) is 0.834. The van der Waals surface area contributed by atoms with Crippen molar-refractivity contribution in [2.24, 2.45) is 0 Å². The van der Waals surface area contributed by atoms with Crippen molar-refractivity contribution in [2.45, 2.75) is 17.2 Å². The number of benzene rings is 2. The van der Waals surface area contributed by atoms with Crippen LogP contribution in [0.2, 0.25) is 5.02 Å². The third-order valence-electron chi connectivity index (χ3n) is 2.99. The summed E-state index contributed by atoms with van der Waals surface area (Å²) in [5, 5.41) is 9.66. The first kappa shape index (κ1) is 16.8. The van der Waals surface area contributed by atoms with Crippen LogP contribution in [0.1, 0.15) is 11.7 Å². The van der Waals surface area contributed by atoms with Crippen LogP contribution in [0.25, 0.3) is 0 Å². The summed E-state index contributed by atoms with van der Waals surface area (Å²) >= 11 is 6.48. The molecule has 0 unspecified atom stereocenters. The number of hydrogen-bond acceptors (Lipinski definition) is 4. The van der Waals surface area contributed by atoms with Crippen LogP contribution in [0.5, 0.6) is 5.75 Å². The van der Waals surface area contributed by atoms with Gasteiger partial charge in [0.15, 0.2) is 6.17 Å². The number of ether oxygens (including phenoxy) is 1. The van der Waals surface area contributed by atoms with E-state index in [1.54, 1.807) is 24.3 Å². The van der Waals surface area contributed by atoms with Gasteiger partial charge in [-0.25, -0.2) is 4.39 Å². The maximum Gasteiger partial charge on any atom is 0.230 e. The van der Waals surface area contributed by atoms with Crippen LogP contribution in [0, 0.1) is 0 Å². The molecule has 22 heavy (non-hydrogen) atoms. The minimum absolute atomic E-state index is 0.306. The predicted molar refractivity (Wildman–Crippen MR) is 85.2 cm³/mol. The summed E-state index contributed by atoms with van der Waals surface area (Å²) in [4.78, 5) is 12.5. The van der Waals surface area contributed by atoms with E-state index in [0.717, 1.165) is 11.8 Å². The largest absolute Gasteiger partial charge is 0.497 e. The van der Waals surface area contributed by atoms with Gasteiger partial charge in [0.25, 0.3) is 0 Å². The van der Waals surface area contributed by atoms with E-state index in [4.69, 9.17) is 16.3 Å². The van der Waals surface area contributed by atoms with Gasteiger partial charge in [0, 0.05) is 9.92 Å². The summed E-state index contributed by atoms with van der Waals surface area (Å²) in [7, 11) is 1.54. The Kier molecular flexibility index (Phi) is 5.83. The lowest BCUT2D eigenvalue weighted by Crippen LogP contribution is -2.21. The van der Waals surface area contributed by atoms with Crippen molar-refractivity contribution in [3.63, 3.8) is 0 Å². The summed E-state index contributed by atoms with van der Waals surface area (Å²) in [6.45, 7) is 0. The number of aliphatic hydroxyl groups excluding tert-OH is 1. The fourth-order valence-electron chi connectivity index (χ4n) is 1.77. The van der Waals surface area contributed by atoms with Crippen LogP contribution in [0.3, 0.4) is 0 Å². The Morgan fingerprint density at radius 3 is 2.32 bits per heavy atom. The maximum atomic E-state index is 14.1. The molecule has 0 fully saturated rings. The number of aliphatic hydroxyl groups is 1. The van der Waals surface area contributed by atoms with Gasteiger partial charge in [0.2, 0.25) is 5.12 Å². The van der Waals surface area contributed by atoms with Crippen LogP contribution in [0.4, 0.5) is 4.39 Å². The lowest BCUT2D eigenvalue weighted by molar-refractivity contribution is -0.119. The summed E-state index contributed by atoms with van der Waals surface area (Å²) < 4.78 is 19.1. The second-order valence-electron chi connectivity index (χ2n) is 4.49. The van der Waals surface area contributed by atoms with E-state index < -0.39 is 17.4 Å². The van der Waals surface area contributed by atoms with Crippen molar-refractivity contribution in [3.8, 4) is 5.75 Å². The predicted octanol–water partition coefficient (Wildman–Crippen LogP) is 4.04. The van der Waals surface area contributed by atoms with E-state index in [9.17, 15) is 14.3 Å². The zero-order valence-corrected chi connectivity index (χ0v) is 13.3. The Labute approximate surface area is 137 Å². The number of carbonyl (C=O) groups is 1. The highest BCUT2D eigenvalue weighted by Gasteiger charge is 2.28. The molecule has 3 nitrogen and oxygen atoms in total. The number of thioether (sulfide) groups is 1. The molecule has 0 saturated heterocycles. The molecular formula is C16H14ClFO3S. The van der Waals surface area contributed by atoms with E-state index >= 15 is 0 Å². The molecule has 2 atom stereocenters. The number of methoxy groups -OCH3 is 1. The van der Waals surface area contributed by atoms with Crippen molar-refractivity contribution in [1.29, 1.82) is 0 Å². The first-order valence-electron chi connectivity index (χ1n) is 6.44. The van der Waals surface area contributed by atoms with Gasteiger partial charge in [-0.2, -0.15) is 0 Å². The van der Waals surface area contributed by atoms with Crippen molar-refractivity contribution in [2.75, 3.05) is 7.11 Å². The topological polar surface area (TPSA) is 46.5 Å². The molecule has 0 saturated carbocycles. The number of carbonyl (C=O) groups excluding carboxylic acids is 1. The molecule has 0 heterocycles. The molecule has 0 amide bonds. The Morgan fingerprint density at radius 2 is 1.77 bits per heavy atom. The molecule has 0 spiro atoms.